The van der Waals surface area contributed by atoms with Crippen molar-refractivity contribution < 1.29 is 4.74 Å². The van der Waals surface area contributed by atoms with E-state index in [2.05, 4.69) is 34.4 Å². The van der Waals surface area contributed by atoms with Crippen LogP contribution in [0.1, 0.15) is 59.8 Å². The largest absolute Gasteiger partial charge is 0.375 e. The maximum atomic E-state index is 6.24. The molecule has 2 fully saturated rings. The predicted octanol–water partition coefficient (Wildman–Crippen LogP) is 4.39. The Morgan fingerprint density at radius 1 is 0.938 bits per heavy atom. The smallest absolute Gasteiger partial charge is 0.0699 e. The Hall–Kier alpha value is 0.390. The zero-order chi connectivity index (χ0) is 12.0. The van der Waals surface area contributed by atoms with Crippen molar-refractivity contribution in [1.82, 2.24) is 0 Å². The molecule has 0 amide bonds. The molecule has 0 aromatic heterocycles. The zero-order valence-corrected chi connectivity index (χ0v) is 12.5. The minimum Gasteiger partial charge on any atom is -0.375 e. The van der Waals surface area contributed by atoms with Gasteiger partial charge in [0.25, 0.3) is 0 Å². The standard InChI is InChI=1S/C14H27OP/c1-12(2)10-14(8-6-7-9-15-14)11-13(3,4)16(12)5/h6-11H2,1-5H3. The maximum Gasteiger partial charge on any atom is 0.0699 e. The van der Waals surface area contributed by atoms with E-state index < -0.39 is 0 Å². The summed E-state index contributed by atoms with van der Waals surface area (Å²) in [6.07, 6.45) is 6.50. The SMILES string of the molecule is CP1C(C)(C)CC2(CCCCO2)CC1(C)C. The van der Waals surface area contributed by atoms with Gasteiger partial charge in [0.05, 0.1) is 5.60 Å². The van der Waals surface area contributed by atoms with Crippen LogP contribution in [0.4, 0.5) is 0 Å². The molecule has 16 heavy (non-hydrogen) atoms. The first-order chi connectivity index (χ1) is 7.28. The quantitative estimate of drug-likeness (QED) is 0.572. The minimum absolute atomic E-state index is 0.0910. The lowest BCUT2D eigenvalue weighted by molar-refractivity contribution is -0.102. The van der Waals surface area contributed by atoms with Gasteiger partial charge in [0.15, 0.2) is 0 Å². The van der Waals surface area contributed by atoms with Gasteiger partial charge in [0.2, 0.25) is 0 Å². The second-order valence-electron chi connectivity index (χ2n) is 7.03. The second-order valence-corrected chi connectivity index (χ2v) is 10.6. The fourth-order valence-corrected chi connectivity index (χ4v) is 6.57. The molecular formula is C14H27OP. The first-order valence-electron chi connectivity index (χ1n) is 6.65. The fourth-order valence-electron chi connectivity index (χ4n) is 3.88. The highest BCUT2D eigenvalue weighted by atomic mass is 31.1. The number of ether oxygens (including phenoxy) is 1. The Labute approximate surface area is 102 Å². The van der Waals surface area contributed by atoms with Gasteiger partial charge in [-0.3, -0.25) is 0 Å². The summed E-state index contributed by atoms with van der Waals surface area (Å²) in [5.41, 5.74) is 0.222. The van der Waals surface area contributed by atoms with Gasteiger partial charge in [-0.1, -0.05) is 35.6 Å². The van der Waals surface area contributed by atoms with Crippen molar-refractivity contribution in [1.29, 1.82) is 0 Å². The Morgan fingerprint density at radius 3 is 1.94 bits per heavy atom. The van der Waals surface area contributed by atoms with Crippen molar-refractivity contribution in [2.75, 3.05) is 13.3 Å². The van der Waals surface area contributed by atoms with Gasteiger partial charge in [0.1, 0.15) is 0 Å². The lowest BCUT2D eigenvalue weighted by Gasteiger charge is -2.57. The van der Waals surface area contributed by atoms with Gasteiger partial charge in [-0.15, -0.1) is 0 Å². The van der Waals surface area contributed by atoms with Crippen LogP contribution in [0, 0.1) is 0 Å². The van der Waals surface area contributed by atoms with E-state index in [0.717, 1.165) is 6.61 Å². The molecule has 2 rings (SSSR count). The minimum atomic E-state index is 0.0910. The van der Waals surface area contributed by atoms with Crippen molar-refractivity contribution in [2.45, 2.75) is 75.7 Å². The molecule has 0 bridgehead atoms. The van der Waals surface area contributed by atoms with Crippen molar-refractivity contribution in [3.63, 3.8) is 0 Å². The molecule has 0 radical (unpaired) electrons. The molecule has 2 heterocycles. The first kappa shape index (κ1) is 12.8. The van der Waals surface area contributed by atoms with Gasteiger partial charge in [-0.2, -0.15) is 0 Å². The Balaban J connectivity index is 2.24. The maximum absolute atomic E-state index is 6.24. The summed E-state index contributed by atoms with van der Waals surface area (Å²) in [5.74, 6) is 0. The lowest BCUT2D eigenvalue weighted by Crippen LogP contribution is -2.52. The summed E-state index contributed by atoms with van der Waals surface area (Å²) in [6, 6.07) is 0. The van der Waals surface area contributed by atoms with Crippen LogP contribution in [0.2, 0.25) is 0 Å². The van der Waals surface area contributed by atoms with Crippen LogP contribution in [0.3, 0.4) is 0 Å². The van der Waals surface area contributed by atoms with Crippen LogP contribution >= 0.6 is 7.92 Å². The fraction of sp³-hybridized carbons (Fsp3) is 1.00. The van der Waals surface area contributed by atoms with Crippen molar-refractivity contribution in [3.05, 3.63) is 0 Å². The van der Waals surface area contributed by atoms with Gasteiger partial charge in [-0.25, -0.2) is 0 Å². The van der Waals surface area contributed by atoms with E-state index in [1.807, 2.05) is 0 Å². The average Bonchev–Trinajstić information content (AvgIpc) is 2.14. The monoisotopic (exact) mass is 242 g/mol. The Bertz CT molecular complexity index is 244. The van der Waals surface area contributed by atoms with E-state index in [9.17, 15) is 0 Å². The van der Waals surface area contributed by atoms with E-state index in [1.165, 1.54) is 32.1 Å². The molecule has 0 aliphatic carbocycles. The summed E-state index contributed by atoms with van der Waals surface area (Å²) in [7, 11) is 0.0910. The van der Waals surface area contributed by atoms with Crippen LogP contribution in [-0.4, -0.2) is 29.2 Å². The van der Waals surface area contributed by atoms with Crippen molar-refractivity contribution in [3.8, 4) is 0 Å². The molecule has 2 saturated heterocycles. The lowest BCUT2D eigenvalue weighted by atomic mass is 9.78. The molecule has 0 aromatic rings. The highest BCUT2D eigenvalue weighted by molar-refractivity contribution is 7.60. The third kappa shape index (κ3) is 2.18. The molecule has 94 valence electrons. The highest BCUT2D eigenvalue weighted by Crippen LogP contribution is 2.67. The molecule has 0 saturated carbocycles. The second kappa shape index (κ2) is 3.95. The summed E-state index contributed by atoms with van der Waals surface area (Å²) in [5, 5.41) is 0.961. The third-order valence-electron chi connectivity index (χ3n) is 4.76. The van der Waals surface area contributed by atoms with Crippen LogP contribution < -0.4 is 0 Å². The third-order valence-corrected chi connectivity index (χ3v) is 8.71. The number of hydrogen-bond acceptors (Lipinski definition) is 1. The van der Waals surface area contributed by atoms with Gasteiger partial charge < -0.3 is 4.74 Å². The van der Waals surface area contributed by atoms with E-state index in [-0.39, 0.29) is 13.5 Å². The summed E-state index contributed by atoms with van der Waals surface area (Å²) < 4.78 is 6.24. The van der Waals surface area contributed by atoms with E-state index in [0.29, 0.717) is 10.3 Å². The zero-order valence-electron chi connectivity index (χ0n) is 11.6. The normalized spacial score (nSPS) is 32.8. The van der Waals surface area contributed by atoms with Gasteiger partial charge >= 0.3 is 0 Å². The van der Waals surface area contributed by atoms with Crippen molar-refractivity contribution in [2.24, 2.45) is 0 Å². The van der Waals surface area contributed by atoms with Crippen LogP contribution in [0.5, 0.6) is 0 Å². The molecule has 2 heteroatoms. The van der Waals surface area contributed by atoms with Crippen molar-refractivity contribution >= 4 is 7.92 Å². The average molecular weight is 242 g/mol. The topological polar surface area (TPSA) is 9.23 Å². The molecule has 1 nitrogen and oxygen atoms in total. The van der Waals surface area contributed by atoms with E-state index in [1.54, 1.807) is 0 Å². The molecule has 0 aromatic carbocycles. The number of rotatable bonds is 0. The molecule has 0 atom stereocenters. The molecule has 2 aliphatic rings. The van der Waals surface area contributed by atoms with E-state index >= 15 is 0 Å². The molecule has 0 unspecified atom stereocenters. The van der Waals surface area contributed by atoms with Crippen LogP contribution in [-0.2, 0) is 4.74 Å². The van der Waals surface area contributed by atoms with E-state index in [4.69, 9.17) is 4.74 Å². The Morgan fingerprint density at radius 2 is 1.50 bits per heavy atom. The van der Waals surface area contributed by atoms with Crippen LogP contribution in [0.25, 0.3) is 0 Å². The van der Waals surface area contributed by atoms with Gasteiger partial charge in [-0.05, 0) is 49.1 Å². The van der Waals surface area contributed by atoms with Crippen LogP contribution in [0.15, 0.2) is 0 Å². The molecule has 1 spiro atoms. The highest BCUT2D eigenvalue weighted by Gasteiger charge is 2.52. The summed E-state index contributed by atoms with van der Waals surface area (Å²) in [4.78, 5) is 0. The first-order valence-corrected chi connectivity index (χ1v) is 8.44. The molecular weight excluding hydrogens is 215 g/mol. The summed E-state index contributed by atoms with van der Waals surface area (Å²) in [6.45, 7) is 13.3. The van der Waals surface area contributed by atoms with Gasteiger partial charge in [0, 0.05) is 6.61 Å². The predicted molar refractivity (Wildman–Crippen MR) is 72.8 cm³/mol. The summed E-state index contributed by atoms with van der Waals surface area (Å²) >= 11 is 0. The number of hydrogen-bond donors (Lipinski definition) is 0. The molecule has 2 aliphatic heterocycles. The molecule has 0 N–H and O–H groups in total. The Kier molecular flexibility index (Phi) is 3.17.